The highest BCUT2D eigenvalue weighted by molar-refractivity contribution is 5.32. The topological polar surface area (TPSA) is 41.5 Å². The maximum atomic E-state index is 9.16. The van der Waals surface area contributed by atoms with Crippen molar-refractivity contribution in [2.45, 2.75) is 31.9 Å². The second kappa shape index (κ2) is 5.87. The predicted molar refractivity (Wildman–Crippen MR) is 63.5 cm³/mol. The minimum absolute atomic E-state index is 0.0360. The van der Waals surface area contributed by atoms with E-state index in [1.807, 2.05) is 24.3 Å². The summed E-state index contributed by atoms with van der Waals surface area (Å²) in [4.78, 5) is 0. The molecule has 0 radical (unpaired) electrons. The molecule has 3 nitrogen and oxygen atoms in total. The van der Waals surface area contributed by atoms with E-state index in [1.165, 1.54) is 19.3 Å². The van der Waals surface area contributed by atoms with Crippen molar-refractivity contribution in [3.8, 4) is 5.75 Å². The fourth-order valence-electron chi connectivity index (χ4n) is 2.03. The van der Waals surface area contributed by atoms with Crippen molar-refractivity contribution in [1.82, 2.24) is 5.32 Å². The van der Waals surface area contributed by atoms with Gasteiger partial charge in [-0.15, -0.1) is 0 Å². The zero-order chi connectivity index (χ0) is 11.2. The lowest BCUT2D eigenvalue weighted by Gasteiger charge is -2.23. The molecule has 0 bridgehead atoms. The van der Waals surface area contributed by atoms with Gasteiger partial charge in [0.25, 0.3) is 0 Å². The predicted octanol–water partition coefficient (Wildman–Crippen LogP) is 1.70. The lowest BCUT2D eigenvalue weighted by Crippen LogP contribution is -2.38. The number of hydrogen-bond donors (Lipinski definition) is 2. The van der Waals surface area contributed by atoms with Crippen molar-refractivity contribution in [2.24, 2.45) is 0 Å². The van der Waals surface area contributed by atoms with Gasteiger partial charge in [-0.05, 0) is 25.5 Å². The molecule has 1 atom stereocenters. The summed E-state index contributed by atoms with van der Waals surface area (Å²) in [6, 6.07) is 8.11. The first kappa shape index (κ1) is 11.4. The van der Waals surface area contributed by atoms with E-state index >= 15 is 0 Å². The minimum atomic E-state index is 0.0360. The zero-order valence-electron chi connectivity index (χ0n) is 9.48. The minimum Gasteiger partial charge on any atom is -0.492 e. The van der Waals surface area contributed by atoms with Crippen LogP contribution in [0.2, 0.25) is 0 Å². The molecule has 0 aromatic heterocycles. The molecule has 0 aliphatic carbocycles. The zero-order valence-corrected chi connectivity index (χ0v) is 9.48. The Bertz CT molecular complexity index is 321. The van der Waals surface area contributed by atoms with Gasteiger partial charge >= 0.3 is 0 Å². The van der Waals surface area contributed by atoms with E-state index < -0.39 is 0 Å². The molecule has 1 heterocycles. The third kappa shape index (κ3) is 2.97. The molecule has 1 unspecified atom stereocenters. The van der Waals surface area contributed by atoms with E-state index in [9.17, 15) is 0 Å². The van der Waals surface area contributed by atoms with Crippen LogP contribution in [0, 0.1) is 0 Å². The summed E-state index contributed by atoms with van der Waals surface area (Å²) in [7, 11) is 0. The molecule has 0 saturated carbocycles. The molecule has 2 rings (SSSR count). The molecule has 3 heteroatoms. The molecule has 1 aromatic carbocycles. The fourth-order valence-corrected chi connectivity index (χ4v) is 2.03. The van der Waals surface area contributed by atoms with E-state index in [2.05, 4.69) is 5.32 Å². The third-order valence-corrected chi connectivity index (χ3v) is 3.00. The maximum Gasteiger partial charge on any atom is 0.124 e. The summed E-state index contributed by atoms with van der Waals surface area (Å²) in [5.41, 5.74) is 0.860. The number of nitrogens with one attached hydrogen (secondary N) is 1. The summed E-state index contributed by atoms with van der Waals surface area (Å²) in [5.74, 6) is 0.803. The van der Waals surface area contributed by atoms with Crippen molar-refractivity contribution in [3.05, 3.63) is 29.8 Å². The van der Waals surface area contributed by atoms with Crippen molar-refractivity contribution in [1.29, 1.82) is 0 Å². The van der Waals surface area contributed by atoms with Gasteiger partial charge in [-0.25, -0.2) is 0 Å². The van der Waals surface area contributed by atoms with Gasteiger partial charge in [-0.3, -0.25) is 0 Å². The molecule has 0 spiro atoms. The van der Waals surface area contributed by atoms with Crippen LogP contribution < -0.4 is 10.1 Å². The summed E-state index contributed by atoms with van der Waals surface area (Å²) in [6.07, 6.45) is 3.73. The first-order valence-corrected chi connectivity index (χ1v) is 5.95. The lowest BCUT2D eigenvalue weighted by molar-refractivity contribution is 0.226. The van der Waals surface area contributed by atoms with Crippen molar-refractivity contribution < 1.29 is 9.84 Å². The first-order chi connectivity index (χ1) is 7.90. The van der Waals surface area contributed by atoms with Gasteiger partial charge in [-0.1, -0.05) is 24.6 Å². The molecule has 1 fully saturated rings. The SMILES string of the molecule is OCc1ccccc1OCC1CCCCN1. The van der Waals surface area contributed by atoms with E-state index in [0.29, 0.717) is 12.6 Å². The van der Waals surface area contributed by atoms with Crippen LogP contribution in [-0.2, 0) is 6.61 Å². The van der Waals surface area contributed by atoms with Gasteiger partial charge in [0, 0.05) is 11.6 Å². The molecule has 16 heavy (non-hydrogen) atoms. The number of piperidine rings is 1. The van der Waals surface area contributed by atoms with E-state index in [4.69, 9.17) is 9.84 Å². The Morgan fingerprint density at radius 1 is 1.31 bits per heavy atom. The molecule has 1 aliphatic rings. The van der Waals surface area contributed by atoms with Gasteiger partial charge < -0.3 is 15.2 Å². The van der Waals surface area contributed by atoms with Crippen LogP contribution in [-0.4, -0.2) is 24.3 Å². The number of ether oxygens (including phenoxy) is 1. The van der Waals surface area contributed by atoms with Gasteiger partial charge in [0.05, 0.1) is 6.61 Å². The molecule has 1 aromatic rings. The van der Waals surface area contributed by atoms with E-state index in [0.717, 1.165) is 17.9 Å². The Kier molecular flexibility index (Phi) is 4.19. The van der Waals surface area contributed by atoms with Crippen LogP contribution in [0.25, 0.3) is 0 Å². The number of hydrogen-bond acceptors (Lipinski definition) is 3. The second-order valence-corrected chi connectivity index (χ2v) is 4.22. The quantitative estimate of drug-likeness (QED) is 0.813. The second-order valence-electron chi connectivity index (χ2n) is 4.22. The standard InChI is InChI=1S/C13H19NO2/c15-9-11-5-1-2-7-13(11)16-10-12-6-3-4-8-14-12/h1-2,5,7,12,14-15H,3-4,6,8-10H2. The first-order valence-electron chi connectivity index (χ1n) is 5.95. The number of aliphatic hydroxyl groups is 1. The van der Waals surface area contributed by atoms with E-state index in [1.54, 1.807) is 0 Å². The van der Waals surface area contributed by atoms with Crippen LogP contribution in [0.5, 0.6) is 5.75 Å². The molecule has 1 saturated heterocycles. The number of para-hydroxylation sites is 1. The average Bonchev–Trinajstić information content (AvgIpc) is 2.38. The smallest absolute Gasteiger partial charge is 0.124 e. The Balaban J connectivity index is 1.88. The van der Waals surface area contributed by atoms with Crippen molar-refractivity contribution >= 4 is 0 Å². The largest absolute Gasteiger partial charge is 0.492 e. The van der Waals surface area contributed by atoms with Crippen LogP contribution in [0.1, 0.15) is 24.8 Å². The molecular formula is C13H19NO2. The van der Waals surface area contributed by atoms with Gasteiger partial charge in [-0.2, -0.15) is 0 Å². The van der Waals surface area contributed by atoms with Crippen molar-refractivity contribution in [3.63, 3.8) is 0 Å². The highest BCUT2D eigenvalue weighted by atomic mass is 16.5. The van der Waals surface area contributed by atoms with Crippen LogP contribution in [0.3, 0.4) is 0 Å². The Morgan fingerprint density at radius 2 is 2.19 bits per heavy atom. The van der Waals surface area contributed by atoms with Crippen molar-refractivity contribution in [2.75, 3.05) is 13.2 Å². The molecule has 0 amide bonds. The number of benzene rings is 1. The lowest BCUT2D eigenvalue weighted by atomic mass is 10.1. The molecule has 88 valence electrons. The van der Waals surface area contributed by atoms with Crippen LogP contribution >= 0.6 is 0 Å². The van der Waals surface area contributed by atoms with Gasteiger partial charge in [0.2, 0.25) is 0 Å². The van der Waals surface area contributed by atoms with E-state index in [-0.39, 0.29) is 6.61 Å². The normalized spacial score (nSPS) is 20.7. The summed E-state index contributed by atoms with van der Waals surface area (Å²) >= 11 is 0. The summed E-state index contributed by atoms with van der Waals surface area (Å²) in [6.45, 7) is 1.82. The Morgan fingerprint density at radius 3 is 2.94 bits per heavy atom. The summed E-state index contributed by atoms with van der Waals surface area (Å²) in [5, 5.41) is 12.6. The number of aliphatic hydroxyl groups excluding tert-OH is 1. The maximum absolute atomic E-state index is 9.16. The average molecular weight is 221 g/mol. The molecule has 1 aliphatic heterocycles. The van der Waals surface area contributed by atoms with Gasteiger partial charge in [0.1, 0.15) is 12.4 Å². The summed E-state index contributed by atoms with van der Waals surface area (Å²) < 4.78 is 5.74. The third-order valence-electron chi connectivity index (χ3n) is 3.00. The highest BCUT2D eigenvalue weighted by Gasteiger charge is 2.13. The van der Waals surface area contributed by atoms with Gasteiger partial charge in [0.15, 0.2) is 0 Å². The fraction of sp³-hybridized carbons (Fsp3) is 0.538. The Hall–Kier alpha value is -1.06. The monoisotopic (exact) mass is 221 g/mol. The number of rotatable bonds is 4. The van der Waals surface area contributed by atoms with Crippen LogP contribution in [0.15, 0.2) is 24.3 Å². The molecule has 2 N–H and O–H groups in total. The van der Waals surface area contributed by atoms with Crippen LogP contribution in [0.4, 0.5) is 0 Å². The molecular weight excluding hydrogens is 202 g/mol. The Labute approximate surface area is 96.4 Å². The highest BCUT2D eigenvalue weighted by Crippen LogP contribution is 2.18.